The summed E-state index contributed by atoms with van der Waals surface area (Å²) in [6, 6.07) is 10.7. The summed E-state index contributed by atoms with van der Waals surface area (Å²) in [5.41, 5.74) is 0.986. The first-order valence-corrected chi connectivity index (χ1v) is 6.40. The molecule has 0 bridgehead atoms. The number of nitrogens with one attached hydrogen (secondary N) is 1. The fraction of sp³-hybridized carbons (Fsp3) is 0.214. The maximum atomic E-state index is 12.0. The van der Waals surface area contributed by atoms with Crippen molar-refractivity contribution >= 4 is 17.5 Å². The molecule has 0 saturated carbocycles. The van der Waals surface area contributed by atoms with Crippen LogP contribution in [0.5, 0.6) is 5.75 Å². The number of benzene rings is 1. The van der Waals surface area contributed by atoms with Crippen LogP contribution >= 0.6 is 11.6 Å². The van der Waals surface area contributed by atoms with Gasteiger partial charge in [0.15, 0.2) is 11.0 Å². The zero-order chi connectivity index (χ0) is 13.2. The lowest BCUT2D eigenvalue weighted by molar-refractivity contribution is 0.0897. The van der Waals surface area contributed by atoms with Gasteiger partial charge in [-0.3, -0.25) is 4.79 Å². The second kappa shape index (κ2) is 4.97. The maximum Gasteiger partial charge on any atom is 0.287 e. The van der Waals surface area contributed by atoms with Gasteiger partial charge in [0.05, 0.1) is 12.6 Å². The highest BCUT2D eigenvalue weighted by Crippen LogP contribution is 2.31. The number of ether oxygens (including phenoxy) is 1. The van der Waals surface area contributed by atoms with Crippen LogP contribution in [0.3, 0.4) is 0 Å². The van der Waals surface area contributed by atoms with E-state index in [9.17, 15) is 4.79 Å². The van der Waals surface area contributed by atoms with Gasteiger partial charge in [-0.25, -0.2) is 0 Å². The van der Waals surface area contributed by atoms with Crippen molar-refractivity contribution in [1.29, 1.82) is 0 Å². The second-order valence-corrected chi connectivity index (χ2v) is 4.68. The molecule has 0 fully saturated rings. The summed E-state index contributed by atoms with van der Waals surface area (Å²) in [6.07, 6.45) is 0.733. The Morgan fingerprint density at radius 3 is 2.89 bits per heavy atom. The number of para-hydroxylation sites is 1. The first kappa shape index (κ1) is 12.1. The predicted molar refractivity (Wildman–Crippen MR) is 70.5 cm³/mol. The normalized spacial score (nSPS) is 17.4. The second-order valence-electron chi connectivity index (χ2n) is 4.30. The van der Waals surface area contributed by atoms with Gasteiger partial charge in [0.2, 0.25) is 0 Å². The SMILES string of the molecule is O=C(NC1CCOc2ccccc21)c1ccc(Cl)o1. The van der Waals surface area contributed by atoms with Gasteiger partial charge in [-0.05, 0) is 29.8 Å². The monoisotopic (exact) mass is 277 g/mol. The Kier molecular flexibility index (Phi) is 3.17. The Bertz CT molecular complexity index is 608. The Morgan fingerprint density at radius 2 is 2.11 bits per heavy atom. The van der Waals surface area contributed by atoms with E-state index < -0.39 is 0 Å². The lowest BCUT2D eigenvalue weighted by Gasteiger charge is -2.26. The topological polar surface area (TPSA) is 51.5 Å². The van der Waals surface area contributed by atoms with Gasteiger partial charge < -0.3 is 14.5 Å². The van der Waals surface area contributed by atoms with E-state index in [-0.39, 0.29) is 22.9 Å². The highest BCUT2D eigenvalue weighted by Gasteiger charge is 2.24. The number of hydrogen-bond donors (Lipinski definition) is 1. The van der Waals surface area contributed by atoms with E-state index >= 15 is 0 Å². The van der Waals surface area contributed by atoms with Crippen LogP contribution in [0.2, 0.25) is 5.22 Å². The Balaban J connectivity index is 1.79. The average Bonchev–Trinajstić information content (AvgIpc) is 2.86. The lowest BCUT2D eigenvalue weighted by Crippen LogP contribution is -2.31. The summed E-state index contributed by atoms with van der Waals surface area (Å²) in [5.74, 6) is 0.763. The van der Waals surface area contributed by atoms with Gasteiger partial charge in [0.1, 0.15) is 5.75 Å². The summed E-state index contributed by atoms with van der Waals surface area (Å²) < 4.78 is 10.6. The van der Waals surface area contributed by atoms with Crippen LogP contribution < -0.4 is 10.1 Å². The molecule has 5 heteroatoms. The van der Waals surface area contributed by atoms with Crippen LogP contribution in [0.4, 0.5) is 0 Å². The molecular weight excluding hydrogens is 266 g/mol. The summed E-state index contributed by atoms with van der Waals surface area (Å²) in [5, 5.41) is 3.14. The van der Waals surface area contributed by atoms with Crippen molar-refractivity contribution in [3.8, 4) is 5.75 Å². The van der Waals surface area contributed by atoms with Gasteiger partial charge in [-0.2, -0.15) is 0 Å². The highest BCUT2D eigenvalue weighted by atomic mass is 35.5. The molecule has 0 radical (unpaired) electrons. The van der Waals surface area contributed by atoms with Crippen LogP contribution in [0.25, 0.3) is 0 Å². The Labute approximate surface area is 115 Å². The van der Waals surface area contributed by atoms with E-state index in [4.69, 9.17) is 20.8 Å². The average molecular weight is 278 g/mol. The van der Waals surface area contributed by atoms with Crippen LogP contribution in [-0.4, -0.2) is 12.5 Å². The quantitative estimate of drug-likeness (QED) is 0.917. The first-order chi connectivity index (χ1) is 9.24. The molecule has 1 aliphatic rings. The van der Waals surface area contributed by atoms with Crippen LogP contribution in [0.15, 0.2) is 40.8 Å². The molecule has 1 aromatic heterocycles. The molecule has 0 spiro atoms. The number of halogens is 1. The smallest absolute Gasteiger partial charge is 0.287 e. The molecule has 1 aromatic carbocycles. The largest absolute Gasteiger partial charge is 0.493 e. The van der Waals surface area contributed by atoms with Crippen molar-refractivity contribution in [2.75, 3.05) is 6.61 Å². The molecule has 2 heterocycles. The van der Waals surface area contributed by atoms with Gasteiger partial charge >= 0.3 is 0 Å². The number of furan rings is 1. The fourth-order valence-electron chi connectivity index (χ4n) is 2.16. The van der Waals surface area contributed by atoms with Crippen LogP contribution in [0.1, 0.15) is 28.6 Å². The molecule has 1 atom stereocenters. The first-order valence-electron chi connectivity index (χ1n) is 6.02. The third kappa shape index (κ3) is 2.44. The molecule has 98 valence electrons. The molecule has 0 aliphatic carbocycles. The van der Waals surface area contributed by atoms with Crippen molar-refractivity contribution in [3.63, 3.8) is 0 Å². The summed E-state index contributed by atoms with van der Waals surface area (Å²) in [4.78, 5) is 12.0. The molecule has 2 aromatic rings. The lowest BCUT2D eigenvalue weighted by atomic mass is 10.0. The molecule has 1 amide bonds. The molecule has 0 saturated heterocycles. The van der Waals surface area contributed by atoms with Crippen molar-refractivity contribution in [3.05, 3.63) is 52.9 Å². The van der Waals surface area contributed by atoms with E-state index in [0.29, 0.717) is 6.61 Å². The zero-order valence-corrected chi connectivity index (χ0v) is 10.8. The van der Waals surface area contributed by atoms with Gasteiger partial charge in [-0.15, -0.1) is 0 Å². The Hall–Kier alpha value is -1.94. The molecule has 3 rings (SSSR count). The third-order valence-corrected chi connectivity index (χ3v) is 3.26. The number of amides is 1. The van der Waals surface area contributed by atoms with E-state index in [1.807, 2.05) is 24.3 Å². The molecule has 19 heavy (non-hydrogen) atoms. The minimum absolute atomic E-state index is 0.0682. The number of carbonyl (C=O) groups is 1. The number of carbonyl (C=O) groups excluding carboxylic acids is 1. The van der Waals surface area contributed by atoms with E-state index in [1.165, 1.54) is 0 Å². The Morgan fingerprint density at radius 1 is 1.26 bits per heavy atom. The van der Waals surface area contributed by atoms with E-state index in [1.54, 1.807) is 12.1 Å². The fourth-order valence-corrected chi connectivity index (χ4v) is 2.30. The van der Waals surface area contributed by atoms with Crippen molar-refractivity contribution < 1.29 is 13.9 Å². The van der Waals surface area contributed by atoms with E-state index in [0.717, 1.165) is 17.7 Å². The summed E-state index contributed by atoms with van der Waals surface area (Å²) in [7, 11) is 0. The van der Waals surface area contributed by atoms with Crippen molar-refractivity contribution in [2.45, 2.75) is 12.5 Å². The summed E-state index contributed by atoms with van der Waals surface area (Å²) in [6.45, 7) is 0.584. The standard InChI is InChI=1S/C14H12ClNO3/c15-13-6-5-12(19-13)14(17)16-10-7-8-18-11-4-2-1-3-9(10)11/h1-6,10H,7-8H2,(H,16,17). The van der Waals surface area contributed by atoms with Crippen LogP contribution in [0, 0.1) is 0 Å². The highest BCUT2D eigenvalue weighted by molar-refractivity contribution is 6.29. The van der Waals surface area contributed by atoms with Crippen LogP contribution in [-0.2, 0) is 0 Å². The zero-order valence-electron chi connectivity index (χ0n) is 10.1. The van der Waals surface area contributed by atoms with Gasteiger partial charge in [-0.1, -0.05) is 18.2 Å². The number of rotatable bonds is 2. The van der Waals surface area contributed by atoms with Gasteiger partial charge in [0.25, 0.3) is 5.91 Å². The van der Waals surface area contributed by atoms with E-state index in [2.05, 4.69) is 5.32 Å². The molecule has 1 aliphatic heterocycles. The summed E-state index contributed by atoms with van der Waals surface area (Å²) >= 11 is 5.66. The third-order valence-electron chi connectivity index (χ3n) is 3.06. The maximum absolute atomic E-state index is 12.0. The molecule has 1 N–H and O–H groups in total. The molecular formula is C14H12ClNO3. The van der Waals surface area contributed by atoms with Crippen molar-refractivity contribution in [1.82, 2.24) is 5.32 Å². The minimum Gasteiger partial charge on any atom is -0.493 e. The van der Waals surface area contributed by atoms with Gasteiger partial charge in [0, 0.05) is 12.0 Å². The minimum atomic E-state index is -0.270. The number of fused-ring (bicyclic) bond motifs is 1. The van der Waals surface area contributed by atoms with Crippen molar-refractivity contribution in [2.24, 2.45) is 0 Å². The molecule has 4 nitrogen and oxygen atoms in total. The molecule has 1 unspecified atom stereocenters. The number of hydrogen-bond acceptors (Lipinski definition) is 3. The predicted octanol–water partition coefficient (Wildman–Crippen LogP) is 3.19.